The average molecular weight is 368 g/mol. The van der Waals surface area contributed by atoms with E-state index < -0.39 is 0 Å². The number of amidine groups is 1. The number of dihydropyridines is 1. The normalized spacial score (nSPS) is 35.9. The van der Waals surface area contributed by atoms with E-state index in [9.17, 15) is 0 Å². The molecule has 4 aliphatic rings. The second kappa shape index (κ2) is 5.99. The van der Waals surface area contributed by atoms with Gasteiger partial charge in [0.15, 0.2) is 0 Å². The summed E-state index contributed by atoms with van der Waals surface area (Å²) in [5.41, 5.74) is 4.35. The van der Waals surface area contributed by atoms with E-state index in [0.29, 0.717) is 12.1 Å². The zero-order valence-corrected chi connectivity index (χ0v) is 18.4. The van der Waals surface area contributed by atoms with Crippen molar-refractivity contribution in [2.24, 2.45) is 27.7 Å². The fraction of sp³-hybridized carbons (Fsp3) is 0.708. The monoisotopic (exact) mass is 367 g/mol. The summed E-state index contributed by atoms with van der Waals surface area (Å²) in [7, 11) is 0. The first-order valence-corrected chi connectivity index (χ1v) is 10.8. The summed E-state index contributed by atoms with van der Waals surface area (Å²) in [4.78, 5) is 7.93. The summed E-state index contributed by atoms with van der Waals surface area (Å²) in [6.07, 6.45) is 9.55. The van der Waals surface area contributed by atoms with Crippen molar-refractivity contribution < 1.29 is 0 Å². The molecule has 1 N–H and O–H groups in total. The molecule has 0 spiro atoms. The molecule has 0 aromatic heterocycles. The number of rotatable bonds is 0. The third-order valence-corrected chi connectivity index (χ3v) is 6.98. The van der Waals surface area contributed by atoms with Crippen LogP contribution < -0.4 is 5.32 Å². The largest absolute Gasteiger partial charge is 0.377 e. The van der Waals surface area contributed by atoms with Gasteiger partial charge in [0.2, 0.25) is 0 Å². The molecule has 5 unspecified atom stereocenters. The van der Waals surface area contributed by atoms with E-state index in [-0.39, 0.29) is 16.9 Å². The smallest absolute Gasteiger partial charge is 0.134 e. The number of fused-ring (bicyclic) bond motifs is 5. The quantitative estimate of drug-likeness (QED) is 0.631. The molecule has 3 heteroatoms. The summed E-state index contributed by atoms with van der Waals surface area (Å²) in [5, 5.41) is 3.82. The predicted octanol–water partition coefficient (Wildman–Crippen LogP) is 5.28. The third-order valence-electron chi connectivity index (χ3n) is 6.98. The van der Waals surface area contributed by atoms with Crippen LogP contribution in [0.1, 0.15) is 68.2 Å². The lowest BCUT2D eigenvalue weighted by Crippen LogP contribution is -2.52. The highest BCUT2D eigenvalue weighted by Crippen LogP contribution is 2.46. The first kappa shape index (κ1) is 18.8. The Kier molecular flexibility index (Phi) is 4.18. The molecule has 3 nitrogen and oxygen atoms in total. The van der Waals surface area contributed by atoms with E-state index in [1.165, 1.54) is 35.6 Å². The number of nitrogens with zero attached hydrogens (tertiary/aromatic N) is 2. The van der Waals surface area contributed by atoms with Crippen molar-refractivity contribution in [2.75, 3.05) is 0 Å². The van der Waals surface area contributed by atoms with Crippen LogP contribution in [0.3, 0.4) is 0 Å². The molecular formula is C24H37N3. The second-order valence-corrected chi connectivity index (χ2v) is 11.3. The highest BCUT2D eigenvalue weighted by atomic mass is 15.3. The second-order valence-electron chi connectivity index (χ2n) is 11.3. The van der Waals surface area contributed by atoms with Gasteiger partial charge in [0.1, 0.15) is 5.84 Å². The van der Waals surface area contributed by atoms with Crippen molar-refractivity contribution in [3.05, 3.63) is 35.2 Å². The van der Waals surface area contributed by atoms with Crippen LogP contribution in [0, 0.1) is 22.7 Å². The van der Waals surface area contributed by atoms with Crippen molar-refractivity contribution in [2.45, 2.75) is 86.4 Å². The highest BCUT2D eigenvalue weighted by Gasteiger charge is 2.48. The number of nitrogens with one attached hydrogen (secondary N) is 1. The van der Waals surface area contributed by atoms with Crippen LogP contribution in [-0.2, 0) is 0 Å². The van der Waals surface area contributed by atoms with Crippen molar-refractivity contribution in [1.82, 2.24) is 10.2 Å². The molecule has 0 amide bonds. The molecule has 0 bridgehead atoms. The number of aliphatic imine (C=N–C) groups is 1. The van der Waals surface area contributed by atoms with E-state index in [1.54, 1.807) is 0 Å². The maximum atomic E-state index is 5.32. The predicted molar refractivity (Wildman–Crippen MR) is 114 cm³/mol. The minimum atomic E-state index is 0.109. The Bertz CT molecular complexity index is 753. The number of hydrogen-bond acceptors (Lipinski definition) is 3. The number of hydrogen-bond donors (Lipinski definition) is 1. The van der Waals surface area contributed by atoms with Gasteiger partial charge in [0.05, 0.1) is 18.1 Å². The van der Waals surface area contributed by atoms with Crippen molar-refractivity contribution >= 4 is 5.84 Å². The molecule has 1 saturated carbocycles. The van der Waals surface area contributed by atoms with Gasteiger partial charge in [-0.25, -0.2) is 0 Å². The van der Waals surface area contributed by atoms with Crippen LogP contribution in [-0.4, -0.2) is 28.9 Å². The van der Waals surface area contributed by atoms with Gasteiger partial charge >= 0.3 is 0 Å². The molecule has 0 aromatic rings. The van der Waals surface area contributed by atoms with Crippen molar-refractivity contribution in [3.63, 3.8) is 0 Å². The van der Waals surface area contributed by atoms with Gasteiger partial charge in [0, 0.05) is 27.8 Å². The van der Waals surface area contributed by atoms with Crippen LogP contribution in [0.25, 0.3) is 0 Å². The highest BCUT2D eigenvalue weighted by molar-refractivity contribution is 6.04. The molecule has 0 aromatic carbocycles. The van der Waals surface area contributed by atoms with Crippen LogP contribution >= 0.6 is 0 Å². The summed E-state index contributed by atoms with van der Waals surface area (Å²) < 4.78 is 0. The molecular weight excluding hydrogens is 330 g/mol. The van der Waals surface area contributed by atoms with Gasteiger partial charge < -0.3 is 10.2 Å². The van der Waals surface area contributed by atoms with Crippen LogP contribution in [0.2, 0.25) is 0 Å². The van der Waals surface area contributed by atoms with Crippen LogP contribution in [0.4, 0.5) is 0 Å². The van der Waals surface area contributed by atoms with Crippen LogP contribution in [0.5, 0.6) is 0 Å². The Hall–Kier alpha value is -1.51. The lowest BCUT2D eigenvalue weighted by molar-refractivity contribution is 0.162. The average Bonchev–Trinajstić information content (AvgIpc) is 2.90. The maximum absolute atomic E-state index is 5.32. The standard InChI is InChI=1S/C24H37N3/c1-14-11-18-19(12-15(14)2)27-21(24(6,7)8)13-17-16(22(27)26-18)9-10-20(25-17)23(3,4)5/h9-10,13-15,17-19,25H,11-12H2,1-8H3. The zero-order chi connectivity index (χ0) is 19.7. The minimum Gasteiger partial charge on any atom is -0.377 e. The molecule has 4 rings (SSSR count). The first-order valence-electron chi connectivity index (χ1n) is 10.8. The molecule has 1 aliphatic carbocycles. The summed E-state index contributed by atoms with van der Waals surface area (Å²) >= 11 is 0. The van der Waals surface area contributed by atoms with E-state index in [2.05, 4.69) is 83.8 Å². The zero-order valence-electron chi connectivity index (χ0n) is 18.4. The summed E-state index contributed by atoms with van der Waals surface area (Å²) in [5.74, 6) is 2.77. The summed E-state index contributed by atoms with van der Waals surface area (Å²) in [6, 6.07) is 1.22. The Morgan fingerprint density at radius 2 is 1.63 bits per heavy atom. The SMILES string of the molecule is CC1CC2N=C3C4=CC=C(C(C)(C)C)NC4C=C(C(C)(C)C)N3C2CC1C. The van der Waals surface area contributed by atoms with Gasteiger partial charge in [-0.1, -0.05) is 61.5 Å². The molecule has 148 valence electrons. The fourth-order valence-corrected chi connectivity index (χ4v) is 5.07. The van der Waals surface area contributed by atoms with E-state index in [0.717, 1.165) is 11.8 Å². The lowest BCUT2D eigenvalue weighted by Gasteiger charge is -2.46. The molecule has 5 atom stereocenters. The van der Waals surface area contributed by atoms with E-state index in [4.69, 9.17) is 4.99 Å². The Balaban J connectivity index is 1.80. The molecule has 0 radical (unpaired) electrons. The van der Waals surface area contributed by atoms with Crippen LogP contribution in [0.15, 0.2) is 40.2 Å². The minimum absolute atomic E-state index is 0.109. The molecule has 3 heterocycles. The Morgan fingerprint density at radius 1 is 0.963 bits per heavy atom. The molecule has 1 fully saturated rings. The van der Waals surface area contributed by atoms with Gasteiger partial charge in [-0.15, -0.1) is 0 Å². The number of allylic oxidation sites excluding steroid dienone is 4. The first-order chi connectivity index (χ1) is 12.5. The summed E-state index contributed by atoms with van der Waals surface area (Å²) in [6.45, 7) is 18.7. The van der Waals surface area contributed by atoms with Gasteiger partial charge in [-0.3, -0.25) is 4.99 Å². The molecule has 0 saturated heterocycles. The van der Waals surface area contributed by atoms with E-state index in [1.807, 2.05) is 0 Å². The Morgan fingerprint density at radius 3 is 2.26 bits per heavy atom. The van der Waals surface area contributed by atoms with Crippen molar-refractivity contribution in [3.8, 4) is 0 Å². The Labute approximate surface area is 165 Å². The molecule has 3 aliphatic heterocycles. The fourth-order valence-electron chi connectivity index (χ4n) is 5.07. The van der Waals surface area contributed by atoms with Gasteiger partial charge in [-0.2, -0.15) is 0 Å². The van der Waals surface area contributed by atoms with Gasteiger partial charge in [0.25, 0.3) is 0 Å². The van der Waals surface area contributed by atoms with Crippen molar-refractivity contribution in [1.29, 1.82) is 0 Å². The lowest BCUT2D eigenvalue weighted by atomic mass is 9.75. The third kappa shape index (κ3) is 3.07. The van der Waals surface area contributed by atoms with E-state index >= 15 is 0 Å². The topological polar surface area (TPSA) is 27.6 Å². The maximum Gasteiger partial charge on any atom is 0.134 e. The van der Waals surface area contributed by atoms with Gasteiger partial charge in [-0.05, 0) is 36.8 Å². The molecule has 27 heavy (non-hydrogen) atoms.